The Morgan fingerprint density at radius 3 is 1.56 bits per heavy atom. The van der Waals surface area contributed by atoms with Crippen molar-refractivity contribution >= 4 is 11.4 Å². The Labute approximate surface area is 108 Å². The molecule has 0 unspecified atom stereocenters. The molecule has 0 radical (unpaired) electrons. The maximum absolute atomic E-state index is 5.90. The Morgan fingerprint density at radius 2 is 1.11 bits per heavy atom. The normalized spacial score (nSPS) is 14.2. The van der Waals surface area contributed by atoms with Gasteiger partial charge in [0.2, 0.25) is 0 Å². The van der Waals surface area contributed by atoms with Gasteiger partial charge in [-0.1, -0.05) is 12.1 Å². The largest absolute Gasteiger partial charge is 0.399 e. The Balaban J connectivity index is 2.22. The van der Waals surface area contributed by atoms with Crippen molar-refractivity contribution in [3.8, 4) is 11.1 Å². The summed E-state index contributed by atoms with van der Waals surface area (Å²) in [6.07, 6.45) is 4.66. The molecule has 0 bridgehead atoms. The number of aryl methyl sites for hydroxylation is 2. The molecule has 2 aromatic carbocycles. The molecule has 0 amide bonds. The van der Waals surface area contributed by atoms with E-state index in [1.54, 1.807) is 0 Å². The molecular formula is C16H18N2. The Hall–Kier alpha value is -1.96. The van der Waals surface area contributed by atoms with Crippen molar-refractivity contribution in [3.05, 3.63) is 47.5 Å². The molecule has 0 saturated carbocycles. The van der Waals surface area contributed by atoms with Crippen molar-refractivity contribution in [1.82, 2.24) is 0 Å². The molecule has 1 aliphatic rings. The van der Waals surface area contributed by atoms with Crippen LogP contribution in [0.1, 0.15) is 24.0 Å². The SMILES string of the molecule is Nc1ccc2c(c1)CCCCc1cc(N)ccc1-2. The van der Waals surface area contributed by atoms with Gasteiger partial charge < -0.3 is 11.5 Å². The van der Waals surface area contributed by atoms with Gasteiger partial charge in [-0.15, -0.1) is 0 Å². The number of hydrogen-bond acceptors (Lipinski definition) is 2. The molecule has 0 fully saturated rings. The number of nitrogens with two attached hydrogens (primary N) is 2. The summed E-state index contributed by atoms with van der Waals surface area (Å²) in [4.78, 5) is 0. The van der Waals surface area contributed by atoms with Crippen LogP contribution >= 0.6 is 0 Å². The van der Waals surface area contributed by atoms with Crippen molar-refractivity contribution in [2.24, 2.45) is 0 Å². The third-order valence-electron chi connectivity index (χ3n) is 3.69. The van der Waals surface area contributed by atoms with Crippen LogP contribution in [0.3, 0.4) is 0 Å². The van der Waals surface area contributed by atoms with E-state index in [0.717, 1.165) is 24.2 Å². The van der Waals surface area contributed by atoms with Gasteiger partial charge >= 0.3 is 0 Å². The standard InChI is InChI=1S/C16H18N2/c17-13-5-7-15-11(9-13)3-1-2-4-12-10-14(18)6-8-16(12)15/h5-10H,1-4,17-18H2. The van der Waals surface area contributed by atoms with E-state index < -0.39 is 0 Å². The van der Waals surface area contributed by atoms with Crippen molar-refractivity contribution < 1.29 is 0 Å². The average molecular weight is 238 g/mol. The van der Waals surface area contributed by atoms with E-state index in [4.69, 9.17) is 11.5 Å². The van der Waals surface area contributed by atoms with Crippen LogP contribution in [0.15, 0.2) is 36.4 Å². The molecular weight excluding hydrogens is 220 g/mol. The number of hydrogen-bond donors (Lipinski definition) is 2. The second-order valence-corrected chi connectivity index (χ2v) is 5.04. The van der Waals surface area contributed by atoms with E-state index in [-0.39, 0.29) is 0 Å². The van der Waals surface area contributed by atoms with E-state index >= 15 is 0 Å². The van der Waals surface area contributed by atoms with E-state index in [1.165, 1.54) is 35.1 Å². The van der Waals surface area contributed by atoms with E-state index in [9.17, 15) is 0 Å². The minimum atomic E-state index is 0.853. The molecule has 2 heteroatoms. The minimum absolute atomic E-state index is 0.853. The molecule has 1 aliphatic carbocycles. The number of rotatable bonds is 0. The maximum atomic E-state index is 5.90. The van der Waals surface area contributed by atoms with Crippen molar-refractivity contribution in [2.75, 3.05) is 11.5 Å². The first-order valence-electron chi connectivity index (χ1n) is 6.51. The van der Waals surface area contributed by atoms with Gasteiger partial charge in [0.05, 0.1) is 0 Å². The molecule has 0 aliphatic heterocycles. The summed E-state index contributed by atoms with van der Waals surface area (Å²) in [5, 5.41) is 0. The van der Waals surface area contributed by atoms with Crippen molar-refractivity contribution in [1.29, 1.82) is 0 Å². The van der Waals surface area contributed by atoms with Crippen LogP contribution in [0, 0.1) is 0 Å². The van der Waals surface area contributed by atoms with Crippen LogP contribution < -0.4 is 11.5 Å². The van der Waals surface area contributed by atoms with E-state index in [2.05, 4.69) is 24.3 Å². The highest BCUT2D eigenvalue weighted by Crippen LogP contribution is 2.33. The van der Waals surface area contributed by atoms with Gasteiger partial charge in [-0.3, -0.25) is 0 Å². The van der Waals surface area contributed by atoms with Gasteiger partial charge in [0, 0.05) is 11.4 Å². The summed E-state index contributed by atoms with van der Waals surface area (Å²) in [7, 11) is 0. The van der Waals surface area contributed by atoms with Gasteiger partial charge in [0.1, 0.15) is 0 Å². The van der Waals surface area contributed by atoms with E-state index in [0.29, 0.717) is 0 Å². The highest BCUT2D eigenvalue weighted by Gasteiger charge is 2.13. The number of anilines is 2. The fourth-order valence-corrected chi connectivity index (χ4v) is 2.80. The van der Waals surface area contributed by atoms with Crippen LogP contribution in [0.2, 0.25) is 0 Å². The average Bonchev–Trinajstić information content (AvgIpc) is 2.33. The van der Waals surface area contributed by atoms with Crippen LogP contribution in [-0.4, -0.2) is 0 Å². The molecule has 0 saturated heterocycles. The summed E-state index contributed by atoms with van der Waals surface area (Å²) in [6, 6.07) is 12.5. The fraction of sp³-hybridized carbons (Fsp3) is 0.250. The quantitative estimate of drug-likeness (QED) is 0.691. The van der Waals surface area contributed by atoms with Gasteiger partial charge in [0.15, 0.2) is 0 Å². The zero-order valence-electron chi connectivity index (χ0n) is 10.4. The Morgan fingerprint density at radius 1 is 0.667 bits per heavy atom. The molecule has 0 aromatic heterocycles. The van der Waals surface area contributed by atoms with Gasteiger partial charge in [0.25, 0.3) is 0 Å². The maximum Gasteiger partial charge on any atom is 0.0317 e. The van der Waals surface area contributed by atoms with Crippen LogP contribution in [0.5, 0.6) is 0 Å². The number of benzene rings is 2. The highest BCUT2D eigenvalue weighted by molar-refractivity contribution is 5.74. The van der Waals surface area contributed by atoms with Crippen molar-refractivity contribution in [3.63, 3.8) is 0 Å². The summed E-state index contributed by atoms with van der Waals surface area (Å²) >= 11 is 0. The molecule has 4 N–H and O–H groups in total. The zero-order valence-corrected chi connectivity index (χ0v) is 10.4. The van der Waals surface area contributed by atoms with Gasteiger partial charge in [-0.05, 0) is 72.2 Å². The molecule has 92 valence electrons. The lowest BCUT2D eigenvalue weighted by molar-refractivity contribution is 0.730. The van der Waals surface area contributed by atoms with E-state index in [1.807, 2.05) is 12.1 Å². The lowest BCUT2D eigenvalue weighted by atomic mass is 9.87. The van der Waals surface area contributed by atoms with Crippen molar-refractivity contribution in [2.45, 2.75) is 25.7 Å². The first kappa shape index (κ1) is 11.1. The first-order valence-corrected chi connectivity index (χ1v) is 6.51. The molecule has 0 atom stereocenters. The second-order valence-electron chi connectivity index (χ2n) is 5.04. The highest BCUT2D eigenvalue weighted by atomic mass is 14.5. The Kier molecular flexibility index (Phi) is 2.71. The van der Waals surface area contributed by atoms with Gasteiger partial charge in [-0.25, -0.2) is 0 Å². The predicted molar refractivity (Wildman–Crippen MR) is 77.3 cm³/mol. The monoisotopic (exact) mass is 238 g/mol. The molecule has 0 heterocycles. The third-order valence-corrected chi connectivity index (χ3v) is 3.69. The first-order chi connectivity index (χ1) is 8.74. The lowest BCUT2D eigenvalue weighted by Crippen LogP contribution is -2.02. The minimum Gasteiger partial charge on any atom is -0.399 e. The fourth-order valence-electron chi connectivity index (χ4n) is 2.80. The summed E-state index contributed by atoms with van der Waals surface area (Å²) in [5.41, 5.74) is 18.9. The second kappa shape index (κ2) is 4.37. The third kappa shape index (κ3) is 1.94. The van der Waals surface area contributed by atoms with Gasteiger partial charge in [-0.2, -0.15) is 0 Å². The molecule has 2 aromatic rings. The molecule has 18 heavy (non-hydrogen) atoms. The zero-order chi connectivity index (χ0) is 12.5. The smallest absolute Gasteiger partial charge is 0.0317 e. The molecule has 0 spiro atoms. The summed E-state index contributed by atoms with van der Waals surface area (Å²) < 4.78 is 0. The molecule has 3 rings (SSSR count). The summed E-state index contributed by atoms with van der Waals surface area (Å²) in [5.74, 6) is 0. The Bertz CT molecular complexity index is 534. The van der Waals surface area contributed by atoms with Crippen LogP contribution in [0.4, 0.5) is 11.4 Å². The van der Waals surface area contributed by atoms with Crippen LogP contribution in [-0.2, 0) is 12.8 Å². The lowest BCUT2D eigenvalue weighted by Gasteiger charge is -2.18. The predicted octanol–water partition coefficient (Wildman–Crippen LogP) is 3.40. The summed E-state index contributed by atoms with van der Waals surface area (Å²) in [6.45, 7) is 0. The number of fused-ring (bicyclic) bond motifs is 3. The topological polar surface area (TPSA) is 52.0 Å². The number of nitrogen functional groups attached to an aromatic ring is 2. The molecule has 2 nitrogen and oxygen atoms in total. The van der Waals surface area contributed by atoms with Crippen LogP contribution in [0.25, 0.3) is 11.1 Å².